The van der Waals surface area contributed by atoms with Crippen LogP contribution >= 0.6 is 0 Å². The third-order valence-electron chi connectivity index (χ3n) is 9.47. The van der Waals surface area contributed by atoms with Gasteiger partial charge in [-0.25, -0.2) is 9.98 Å². The second-order valence-electron chi connectivity index (χ2n) is 13.1. The molecule has 0 saturated carbocycles. The largest absolute Gasteiger partial charge is 0.494 e. The van der Waals surface area contributed by atoms with E-state index in [1.807, 2.05) is 91.1 Å². The van der Waals surface area contributed by atoms with Crippen LogP contribution in [0, 0.1) is 0 Å². The minimum absolute atomic E-state index is 0.418. The first-order chi connectivity index (χ1) is 23.2. The van der Waals surface area contributed by atoms with Crippen molar-refractivity contribution in [2.24, 2.45) is 15.0 Å². The van der Waals surface area contributed by atoms with Gasteiger partial charge in [-0.15, -0.1) is 0 Å². The number of para-hydroxylation sites is 1. The summed E-state index contributed by atoms with van der Waals surface area (Å²) >= 11 is 0. The molecule has 1 aliphatic heterocycles. The van der Waals surface area contributed by atoms with Gasteiger partial charge in [-0.1, -0.05) is 72.8 Å². The molecule has 0 N–H and O–H groups in total. The Balaban J connectivity index is 1.18. The maximum Gasteiger partial charge on any atom is 0.494 e. The van der Waals surface area contributed by atoms with Crippen LogP contribution in [0.5, 0.6) is 0 Å². The van der Waals surface area contributed by atoms with Crippen molar-refractivity contribution in [3.8, 4) is 0 Å². The fourth-order valence-electron chi connectivity index (χ4n) is 6.11. The van der Waals surface area contributed by atoms with Crippen molar-refractivity contribution in [3.05, 3.63) is 126 Å². The van der Waals surface area contributed by atoms with Crippen molar-refractivity contribution < 1.29 is 18.1 Å². The molecule has 7 nitrogen and oxygen atoms in total. The van der Waals surface area contributed by atoms with Crippen molar-refractivity contribution >= 4 is 74.3 Å². The van der Waals surface area contributed by atoms with Gasteiger partial charge in [-0.2, -0.15) is 0 Å². The molecule has 1 saturated heterocycles. The first kappa shape index (κ1) is 30.1. The van der Waals surface area contributed by atoms with E-state index < -0.39 is 18.3 Å². The average Bonchev–Trinajstić information content (AvgIpc) is 3.72. The molecule has 48 heavy (non-hydrogen) atoms. The molecular weight excluding hydrogens is 597 g/mol. The van der Waals surface area contributed by atoms with Gasteiger partial charge < -0.3 is 18.1 Å². The van der Waals surface area contributed by atoms with Crippen molar-refractivity contribution in [1.82, 2.24) is 0 Å². The molecule has 8 heteroatoms. The van der Waals surface area contributed by atoms with Gasteiger partial charge in [0.2, 0.25) is 0 Å². The van der Waals surface area contributed by atoms with E-state index in [4.69, 9.17) is 28.1 Å². The summed E-state index contributed by atoms with van der Waals surface area (Å²) in [6.45, 7) is 8.24. The van der Waals surface area contributed by atoms with Gasteiger partial charge in [0.1, 0.15) is 22.3 Å². The SMILES string of the molecule is CN=C(N=C(N=Cc1ccccc1)c1ccc2c(c1)oc1ccccc12)c1ccc2c(c1)oc1ccc(B3OC(C)(C)C(C)(C)O3)cc12. The average molecular weight is 632 g/mol. The molecular formula is C40H34BN3O4. The van der Waals surface area contributed by atoms with Gasteiger partial charge >= 0.3 is 7.12 Å². The molecule has 1 fully saturated rings. The molecule has 2 aromatic heterocycles. The first-order valence-electron chi connectivity index (χ1n) is 16.1. The Hall–Kier alpha value is -5.31. The lowest BCUT2D eigenvalue weighted by molar-refractivity contribution is 0.00578. The molecule has 0 radical (unpaired) electrons. The predicted octanol–water partition coefficient (Wildman–Crippen LogP) is 8.73. The van der Waals surface area contributed by atoms with E-state index in [-0.39, 0.29) is 0 Å². The van der Waals surface area contributed by atoms with Gasteiger partial charge in [0.15, 0.2) is 11.7 Å². The van der Waals surface area contributed by atoms with Crippen molar-refractivity contribution in [1.29, 1.82) is 0 Å². The number of fused-ring (bicyclic) bond motifs is 6. The van der Waals surface area contributed by atoms with Crippen LogP contribution < -0.4 is 5.46 Å². The highest BCUT2D eigenvalue weighted by molar-refractivity contribution is 6.62. The lowest BCUT2D eigenvalue weighted by Gasteiger charge is -2.32. The summed E-state index contributed by atoms with van der Waals surface area (Å²) in [4.78, 5) is 14.5. The topological polar surface area (TPSA) is 81.8 Å². The Bertz CT molecular complexity index is 2420. The fraction of sp³-hybridized carbons (Fsp3) is 0.175. The highest BCUT2D eigenvalue weighted by atomic mass is 16.7. The number of furan rings is 2. The molecule has 0 amide bonds. The van der Waals surface area contributed by atoms with Crippen LogP contribution in [-0.4, -0.2) is 43.3 Å². The van der Waals surface area contributed by atoms with Crippen LogP contribution in [0.15, 0.2) is 133 Å². The number of amidine groups is 2. The van der Waals surface area contributed by atoms with Gasteiger partial charge in [-0.3, -0.25) is 4.99 Å². The number of hydrogen-bond donors (Lipinski definition) is 0. The smallest absolute Gasteiger partial charge is 0.456 e. The summed E-state index contributed by atoms with van der Waals surface area (Å²) < 4.78 is 25.2. The Labute approximate surface area is 278 Å². The number of aliphatic imine (C=N–C) groups is 3. The Morgan fingerprint density at radius 2 is 1.17 bits per heavy atom. The van der Waals surface area contributed by atoms with E-state index in [1.165, 1.54) is 0 Å². The van der Waals surface area contributed by atoms with E-state index >= 15 is 0 Å². The summed E-state index contributed by atoms with van der Waals surface area (Å²) in [6, 6.07) is 36.2. The third-order valence-corrected chi connectivity index (χ3v) is 9.47. The molecule has 0 atom stereocenters. The molecule has 8 rings (SSSR count). The van der Waals surface area contributed by atoms with Crippen LogP contribution in [0.2, 0.25) is 0 Å². The zero-order valence-electron chi connectivity index (χ0n) is 27.5. The summed E-state index contributed by atoms with van der Waals surface area (Å²) in [6.07, 6.45) is 1.81. The van der Waals surface area contributed by atoms with Crippen molar-refractivity contribution in [3.63, 3.8) is 0 Å². The number of benzene rings is 5. The molecule has 7 aromatic rings. The Kier molecular flexibility index (Phi) is 7.16. The first-order valence-corrected chi connectivity index (χ1v) is 16.1. The van der Waals surface area contributed by atoms with Gasteiger partial charge in [0.05, 0.1) is 11.2 Å². The fourth-order valence-corrected chi connectivity index (χ4v) is 6.11. The van der Waals surface area contributed by atoms with Crippen molar-refractivity contribution in [2.45, 2.75) is 38.9 Å². The molecule has 0 aliphatic carbocycles. The number of hydrogen-bond acceptors (Lipinski definition) is 5. The van der Waals surface area contributed by atoms with E-state index in [9.17, 15) is 0 Å². The summed E-state index contributed by atoms with van der Waals surface area (Å²) in [5.74, 6) is 1.04. The van der Waals surface area contributed by atoms with Gasteiger partial charge in [0.25, 0.3) is 0 Å². The highest BCUT2D eigenvalue weighted by Gasteiger charge is 2.51. The van der Waals surface area contributed by atoms with E-state index in [1.54, 1.807) is 7.05 Å². The lowest BCUT2D eigenvalue weighted by Crippen LogP contribution is -2.41. The van der Waals surface area contributed by atoms with Crippen LogP contribution in [0.25, 0.3) is 43.9 Å². The van der Waals surface area contributed by atoms with E-state index in [0.29, 0.717) is 11.7 Å². The second kappa shape index (κ2) is 11.4. The minimum Gasteiger partial charge on any atom is -0.456 e. The maximum atomic E-state index is 6.33. The normalized spacial score (nSPS) is 16.7. The van der Waals surface area contributed by atoms with Crippen LogP contribution in [0.4, 0.5) is 0 Å². The monoisotopic (exact) mass is 631 g/mol. The van der Waals surface area contributed by atoms with Gasteiger partial charge in [0, 0.05) is 45.9 Å². The molecule has 0 bridgehead atoms. The van der Waals surface area contributed by atoms with E-state index in [2.05, 4.69) is 57.0 Å². The minimum atomic E-state index is -0.453. The number of rotatable bonds is 4. The standard InChI is InChI=1S/C40H34BN3O4/c1-39(2)40(3,4)48-41(47-39)28-17-20-34-32(23-28)31-19-15-26(21-36(31)46-34)37(42-5)44-38(43-24-25-11-7-6-8-12-25)27-16-18-30-29-13-9-10-14-33(29)45-35(30)22-27/h6-24H,1-5H3. The summed E-state index contributed by atoms with van der Waals surface area (Å²) in [7, 11) is 1.28. The Morgan fingerprint density at radius 1 is 0.583 bits per heavy atom. The molecule has 5 aromatic carbocycles. The zero-order chi connectivity index (χ0) is 33.0. The lowest BCUT2D eigenvalue weighted by atomic mass is 9.78. The maximum absolute atomic E-state index is 6.33. The molecule has 236 valence electrons. The number of nitrogens with zero attached hydrogens (tertiary/aromatic N) is 3. The molecule has 3 heterocycles. The highest BCUT2D eigenvalue weighted by Crippen LogP contribution is 2.37. The van der Waals surface area contributed by atoms with E-state index in [0.717, 1.165) is 66.0 Å². The van der Waals surface area contributed by atoms with Crippen LogP contribution in [0.1, 0.15) is 44.4 Å². The zero-order valence-corrected chi connectivity index (χ0v) is 27.5. The van der Waals surface area contributed by atoms with Crippen LogP contribution in [0.3, 0.4) is 0 Å². The third kappa shape index (κ3) is 5.23. The molecule has 0 unspecified atom stereocenters. The molecule has 0 spiro atoms. The second-order valence-corrected chi connectivity index (χ2v) is 13.1. The molecule has 1 aliphatic rings. The van der Waals surface area contributed by atoms with Crippen molar-refractivity contribution in [2.75, 3.05) is 7.05 Å². The quantitative estimate of drug-likeness (QED) is 0.111. The Morgan fingerprint density at radius 3 is 1.85 bits per heavy atom. The van der Waals surface area contributed by atoms with Crippen LogP contribution in [-0.2, 0) is 9.31 Å². The van der Waals surface area contributed by atoms with Gasteiger partial charge in [-0.05, 0) is 75.1 Å². The predicted molar refractivity (Wildman–Crippen MR) is 196 cm³/mol. The summed E-state index contributed by atoms with van der Waals surface area (Å²) in [5, 5.41) is 4.10. The summed E-state index contributed by atoms with van der Waals surface area (Å²) in [5.41, 5.74) is 5.85.